The fourth-order valence-corrected chi connectivity index (χ4v) is 6.35. The molecule has 3 rings (SSSR count). The molecular formula is C32H41NO17S. The van der Waals surface area contributed by atoms with Crippen LogP contribution in [0, 0.1) is 0 Å². The number of carbonyl (C=O) groups excluding carboxylic acids is 7. The van der Waals surface area contributed by atoms with Crippen molar-refractivity contribution in [3.05, 3.63) is 24.3 Å². The molecule has 1 aromatic carbocycles. The number of hydrogen-bond donors (Lipinski definition) is 1. The van der Waals surface area contributed by atoms with Crippen molar-refractivity contribution in [3.8, 4) is 0 Å². The number of anilines is 1. The SMILES string of the molecule is CC(=O)OC[C@H]1O[C@@H](Sc2ccc(N)cc2)[C@H](OC(C)=O)[C@@H](OC(C)=O)[C@@H]1O[C@H]1O[C@H](COC(C)=O)[C@@H](OC(C)=O)[C@H](OC(C)=O)[C@H]1OC(C)=O. The molecule has 18 nitrogen and oxygen atoms in total. The third-order valence-electron chi connectivity index (χ3n) is 7.02. The second kappa shape index (κ2) is 18.7. The molecule has 2 heterocycles. The molecule has 2 saturated heterocycles. The number of nitrogens with two attached hydrogens (primary N) is 1. The Balaban J connectivity index is 2.16. The highest BCUT2D eigenvalue weighted by Crippen LogP contribution is 2.40. The molecule has 0 aliphatic carbocycles. The largest absolute Gasteiger partial charge is 0.463 e. The molecule has 2 aliphatic rings. The van der Waals surface area contributed by atoms with E-state index in [9.17, 15) is 33.6 Å². The first kappa shape index (κ1) is 41.0. The standard InChI is InChI=1S/C32H41NO17S/c1-14(34)41-12-23-25(43-16(3)36)27(44-17(4)37)29(46-19(6)39)31(48-23)50-26-24(13-42-15(2)35)49-32(51-22-10-8-21(33)9-11-22)30(47-20(7)40)28(26)45-18(5)38/h8-11,23-32H,12-13,33H2,1-7H3/t23-,24-,25-,26-,27+,28+,29-,30-,31-,32+/m1/s1. The summed E-state index contributed by atoms with van der Waals surface area (Å²) in [6, 6.07) is 6.61. The number of esters is 7. The van der Waals surface area contributed by atoms with Crippen LogP contribution in [0.1, 0.15) is 48.5 Å². The number of ether oxygens (including phenoxy) is 10. The van der Waals surface area contributed by atoms with Gasteiger partial charge in [-0.15, -0.1) is 0 Å². The Morgan fingerprint density at radius 2 is 0.961 bits per heavy atom. The fraction of sp³-hybridized carbons (Fsp3) is 0.594. The lowest BCUT2D eigenvalue weighted by molar-refractivity contribution is -0.341. The van der Waals surface area contributed by atoms with Gasteiger partial charge in [-0.1, -0.05) is 11.8 Å². The van der Waals surface area contributed by atoms with Crippen LogP contribution < -0.4 is 5.73 Å². The normalized spacial score (nSPS) is 28.7. The number of carbonyl (C=O) groups is 7. The van der Waals surface area contributed by atoms with Gasteiger partial charge in [0.1, 0.15) is 37.0 Å². The molecule has 0 radical (unpaired) electrons. The predicted molar refractivity (Wildman–Crippen MR) is 170 cm³/mol. The Kier molecular flexibility index (Phi) is 15.0. The Bertz CT molecular complexity index is 1440. The van der Waals surface area contributed by atoms with E-state index in [4.69, 9.17) is 53.1 Å². The minimum Gasteiger partial charge on any atom is -0.463 e. The Labute approximate surface area is 297 Å². The third-order valence-corrected chi connectivity index (χ3v) is 8.17. The molecule has 2 N–H and O–H groups in total. The molecule has 51 heavy (non-hydrogen) atoms. The van der Waals surface area contributed by atoms with E-state index < -0.39 is 116 Å². The molecular weight excluding hydrogens is 702 g/mol. The van der Waals surface area contributed by atoms with Crippen LogP contribution in [0.15, 0.2) is 29.2 Å². The molecule has 10 atom stereocenters. The number of thioether (sulfide) groups is 1. The van der Waals surface area contributed by atoms with E-state index in [1.807, 2.05) is 0 Å². The molecule has 0 spiro atoms. The van der Waals surface area contributed by atoms with Crippen molar-refractivity contribution >= 4 is 59.2 Å². The van der Waals surface area contributed by atoms with Gasteiger partial charge in [0.25, 0.3) is 0 Å². The average molecular weight is 744 g/mol. The van der Waals surface area contributed by atoms with Crippen molar-refractivity contribution in [2.24, 2.45) is 0 Å². The van der Waals surface area contributed by atoms with E-state index in [0.717, 1.165) is 60.2 Å². The highest BCUT2D eigenvalue weighted by atomic mass is 32.2. The highest BCUT2D eigenvalue weighted by molar-refractivity contribution is 7.99. The van der Waals surface area contributed by atoms with E-state index in [2.05, 4.69) is 0 Å². The van der Waals surface area contributed by atoms with Crippen molar-refractivity contribution < 1.29 is 80.9 Å². The first-order chi connectivity index (χ1) is 23.9. The molecule has 0 bridgehead atoms. The van der Waals surface area contributed by atoms with Gasteiger partial charge in [0.05, 0.1) is 0 Å². The number of benzene rings is 1. The lowest BCUT2D eigenvalue weighted by atomic mass is 9.96. The number of rotatable bonds is 13. The van der Waals surface area contributed by atoms with E-state index in [1.54, 1.807) is 24.3 Å². The highest BCUT2D eigenvalue weighted by Gasteiger charge is 2.57. The second-order valence-electron chi connectivity index (χ2n) is 11.3. The summed E-state index contributed by atoms with van der Waals surface area (Å²) in [6.45, 7) is 6.57. The van der Waals surface area contributed by atoms with E-state index in [0.29, 0.717) is 10.6 Å². The van der Waals surface area contributed by atoms with Gasteiger partial charge >= 0.3 is 41.8 Å². The minimum atomic E-state index is -1.77. The van der Waals surface area contributed by atoms with Gasteiger partial charge in [0.2, 0.25) is 0 Å². The van der Waals surface area contributed by atoms with Crippen LogP contribution in [0.25, 0.3) is 0 Å². The molecule has 0 amide bonds. The summed E-state index contributed by atoms with van der Waals surface area (Å²) in [4.78, 5) is 86.2. The van der Waals surface area contributed by atoms with Gasteiger partial charge in [-0.25, -0.2) is 0 Å². The van der Waals surface area contributed by atoms with Crippen LogP contribution in [0.3, 0.4) is 0 Å². The van der Waals surface area contributed by atoms with Crippen LogP contribution in [0.4, 0.5) is 5.69 Å². The summed E-state index contributed by atoms with van der Waals surface area (Å²) in [5, 5.41) is 0. The summed E-state index contributed by atoms with van der Waals surface area (Å²) in [7, 11) is 0. The molecule has 1 aromatic rings. The van der Waals surface area contributed by atoms with Gasteiger partial charge in [0, 0.05) is 59.0 Å². The smallest absolute Gasteiger partial charge is 0.303 e. The van der Waals surface area contributed by atoms with Crippen LogP contribution >= 0.6 is 11.8 Å². The second-order valence-corrected chi connectivity index (χ2v) is 12.5. The fourth-order valence-electron chi connectivity index (χ4n) is 5.25. The first-order valence-electron chi connectivity index (χ1n) is 15.6. The van der Waals surface area contributed by atoms with Crippen molar-refractivity contribution in [3.63, 3.8) is 0 Å². The number of hydrogen-bond acceptors (Lipinski definition) is 19. The number of nitrogen functional groups attached to an aromatic ring is 1. The van der Waals surface area contributed by atoms with Crippen LogP contribution in [-0.2, 0) is 80.9 Å². The monoisotopic (exact) mass is 743 g/mol. The van der Waals surface area contributed by atoms with Gasteiger partial charge < -0.3 is 53.1 Å². The Morgan fingerprint density at radius 3 is 1.43 bits per heavy atom. The van der Waals surface area contributed by atoms with E-state index >= 15 is 0 Å². The molecule has 0 aromatic heterocycles. The van der Waals surface area contributed by atoms with Crippen LogP contribution in [0.2, 0.25) is 0 Å². The quantitative estimate of drug-likeness (QED) is 0.168. The summed E-state index contributed by atoms with van der Waals surface area (Å²) in [6.07, 6.45) is -13.6. The van der Waals surface area contributed by atoms with E-state index in [1.165, 1.54) is 0 Å². The maximum Gasteiger partial charge on any atom is 0.303 e. The first-order valence-corrected chi connectivity index (χ1v) is 16.4. The van der Waals surface area contributed by atoms with Crippen LogP contribution in [-0.4, -0.2) is 116 Å². The van der Waals surface area contributed by atoms with Crippen molar-refractivity contribution in [1.82, 2.24) is 0 Å². The summed E-state index contributed by atoms with van der Waals surface area (Å²) in [5.74, 6) is -5.70. The van der Waals surface area contributed by atoms with Gasteiger partial charge in [-0.2, -0.15) is 0 Å². The predicted octanol–water partition coefficient (Wildman–Crippen LogP) is 0.981. The molecule has 0 saturated carbocycles. The van der Waals surface area contributed by atoms with Crippen LogP contribution in [0.5, 0.6) is 0 Å². The zero-order valence-corrected chi connectivity index (χ0v) is 29.7. The zero-order chi connectivity index (χ0) is 38.0. The summed E-state index contributed by atoms with van der Waals surface area (Å²) >= 11 is 1.07. The molecule has 282 valence electrons. The molecule has 19 heteroatoms. The zero-order valence-electron chi connectivity index (χ0n) is 28.9. The maximum absolute atomic E-state index is 12.6. The average Bonchev–Trinajstić information content (AvgIpc) is 3.00. The Morgan fingerprint density at radius 1 is 0.549 bits per heavy atom. The van der Waals surface area contributed by atoms with Gasteiger partial charge in [0.15, 0.2) is 36.8 Å². The molecule has 0 unspecified atom stereocenters. The lowest BCUT2D eigenvalue weighted by Crippen LogP contribution is -2.66. The van der Waals surface area contributed by atoms with Gasteiger partial charge in [-0.05, 0) is 24.3 Å². The van der Waals surface area contributed by atoms with E-state index in [-0.39, 0.29) is 0 Å². The Hall–Kier alpha value is -4.46. The van der Waals surface area contributed by atoms with Gasteiger partial charge in [-0.3, -0.25) is 33.6 Å². The topological polar surface area (TPSA) is 238 Å². The molecule has 2 fully saturated rings. The maximum atomic E-state index is 12.6. The van der Waals surface area contributed by atoms with Crippen molar-refractivity contribution in [1.29, 1.82) is 0 Å². The lowest BCUT2D eigenvalue weighted by Gasteiger charge is -2.48. The molecule has 2 aliphatic heterocycles. The minimum absolute atomic E-state index is 0.476. The summed E-state index contributed by atoms with van der Waals surface area (Å²) in [5.41, 5.74) is 5.20. The van der Waals surface area contributed by atoms with Crippen molar-refractivity contribution in [2.75, 3.05) is 18.9 Å². The van der Waals surface area contributed by atoms with Crippen molar-refractivity contribution in [2.45, 2.75) is 114 Å². The summed E-state index contributed by atoms with van der Waals surface area (Å²) < 4.78 is 56.8. The third kappa shape index (κ3) is 12.4.